The number of carboxylic acids is 2. The van der Waals surface area contributed by atoms with E-state index in [9.17, 15) is 0 Å². The summed E-state index contributed by atoms with van der Waals surface area (Å²) in [6, 6.07) is 0. The molecule has 1 aromatic heterocycles. The third-order valence-electron chi connectivity index (χ3n) is 1.88. The Morgan fingerprint density at radius 1 is 1.41 bits per heavy atom. The molecule has 0 saturated heterocycles. The second-order valence-electron chi connectivity index (χ2n) is 3.22. The molecular weight excluding hydrogens is 503 g/mol. The molecule has 0 radical (unpaired) electrons. The average molecular weight is 518 g/mol. The molecule has 128 valence electrons. The van der Waals surface area contributed by atoms with E-state index in [0.717, 1.165) is 12.4 Å². The van der Waals surface area contributed by atoms with Crippen LogP contribution in [0.3, 0.4) is 0 Å². The van der Waals surface area contributed by atoms with Gasteiger partial charge in [0.05, 0.1) is 17.8 Å². The van der Waals surface area contributed by atoms with Crippen molar-refractivity contribution in [3.05, 3.63) is 28.9 Å². The summed E-state index contributed by atoms with van der Waals surface area (Å²) in [6.07, 6.45) is 6.07. The van der Waals surface area contributed by atoms with Gasteiger partial charge in [0.25, 0.3) is 0 Å². The van der Waals surface area contributed by atoms with Crippen LogP contribution in [0.2, 0.25) is 0 Å². The molecule has 0 fully saturated rings. The first-order chi connectivity index (χ1) is 9.44. The monoisotopic (exact) mass is 517 g/mol. The van der Waals surface area contributed by atoms with E-state index in [-0.39, 0.29) is 40.0 Å². The number of aromatic nitrogens is 2. The third-order valence-corrected chi connectivity index (χ3v) is 1.88. The van der Waals surface area contributed by atoms with E-state index < -0.39 is 11.9 Å². The largest absolute Gasteiger partial charge is 4.00 e. The number of aliphatic carboxylic acids is 2. The summed E-state index contributed by atoms with van der Waals surface area (Å²) < 4.78 is 2.05. The second kappa shape index (κ2) is 19.5. The van der Waals surface area contributed by atoms with Gasteiger partial charge in [-0.3, -0.25) is 0 Å². The van der Waals surface area contributed by atoms with Crippen molar-refractivity contribution in [3.8, 4) is 0 Å². The Bertz CT molecular complexity index is 406. The zero-order valence-electron chi connectivity index (χ0n) is 11.5. The van der Waals surface area contributed by atoms with Crippen molar-refractivity contribution < 1.29 is 58.5 Å². The first kappa shape index (κ1) is 28.6. The van der Waals surface area contributed by atoms with Crippen LogP contribution in [-0.2, 0) is 43.7 Å². The molecule has 12 heteroatoms. The molecule has 0 aromatic carbocycles. The number of hydrogen-bond acceptors (Lipinski definition) is 7. The van der Waals surface area contributed by atoms with E-state index in [2.05, 4.69) is 16.5 Å². The van der Waals surface area contributed by atoms with Gasteiger partial charge in [-0.25, -0.2) is 4.98 Å². The van der Waals surface area contributed by atoms with E-state index in [1.165, 1.54) is 18.2 Å². The van der Waals surface area contributed by atoms with Crippen molar-refractivity contribution in [2.45, 2.75) is 32.9 Å². The van der Waals surface area contributed by atoms with Crippen LogP contribution in [0.1, 0.15) is 25.6 Å². The molecule has 0 aliphatic heterocycles. The van der Waals surface area contributed by atoms with Gasteiger partial charge in [0.15, 0.2) is 5.34 Å². The Balaban J connectivity index is -0.000000128. The topological polar surface area (TPSA) is 172 Å². The number of carbonyl (C=O) groups excluding carboxylic acids is 2. The number of rotatable bonds is 4. The zero-order valence-corrected chi connectivity index (χ0v) is 14.5. The Morgan fingerprint density at radius 3 is 2.18 bits per heavy atom. The minimum atomic E-state index is -2.19. The molecule has 1 heterocycles. The standard InChI is InChI=1S/C8H14N3.C2H2O4.ClH.HNO2.Pt/c1-2-3-5-11-6-4-10-8(11)7-9;3-1(4)2(5)6;;2-1-3;/h4,6,9H,2-3,5,7H2,1H3;(H,3,4)(H,5,6);1H;(H,2,3);/q-1;;;;+4/p-3. The molecule has 0 bridgehead atoms. The molecule has 0 spiro atoms. The Morgan fingerprint density at radius 2 is 1.86 bits per heavy atom. The molecule has 0 atom stereocenters. The summed E-state index contributed by atoms with van der Waals surface area (Å²) in [6.45, 7) is 3.46. The zero-order chi connectivity index (χ0) is 16.0. The smallest absolute Gasteiger partial charge is 1.00 e. The Kier molecular flexibility index (Phi) is 25.4. The van der Waals surface area contributed by atoms with Crippen LogP contribution in [-0.4, -0.2) is 26.7 Å². The van der Waals surface area contributed by atoms with Crippen molar-refractivity contribution in [3.63, 3.8) is 0 Å². The van der Waals surface area contributed by atoms with Crippen molar-refractivity contribution in [2.75, 3.05) is 0 Å². The molecule has 0 aliphatic carbocycles. The van der Waals surface area contributed by atoms with Crippen molar-refractivity contribution >= 4 is 11.9 Å². The van der Waals surface area contributed by atoms with E-state index in [4.69, 9.17) is 35.7 Å². The van der Waals surface area contributed by atoms with Crippen molar-refractivity contribution in [1.29, 1.82) is 0 Å². The van der Waals surface area contributed by atoms with Gasteiger partial charge in [0, 0.05) is 18.9 Å². The predicted molar refractivity (Wildman–Crippen MR) is 62.8 cm³/mol. The summed E-state index contributed by atoms with van der Waals surface area (Å²) in [5.41, 5.74) is 7.15. The molecule has 22 heavy (non-hydrogen) atoms. The van der Waals surface area contributed by atoms with Crippen LogP contribution in [0.5, 0.6) is 0 Å². The van der Waals surface area contributed by atoms with Crippen LogP contribution in [0.25, 0.3) is 5.73 Å². The second-order valence-corrected chi connectivity index (χ2v) is 3.22. The van der Waals surface area contributed by atoms with Crippen LogP contribution in [0, 0.1) is 4.91 Å². The molecule has 0 amide bonds. The fourth-order valence-corrected chi connectivity index (χ4v) is 1.04. The summed E-state index contributed by atoms with van der Waals surface area (Å²) in [7, 11) is 0. The van der Waals surface area contributed by atoms with E-state index in [0.29, 0.717) is 0 Å². The number of aryl methyl sites for hydroxylation is 1. The van der Waals surface area contributed by atoms with Gasteiger partial charge in [-0.15, -0.1) is 4.91 Å². The van der Waals surface area contributed by atoms with E-state index >= 15 is 0 Å². The maximum absolute atomic E-state index is 8.93. The summed E-state index contributed by atoms with van der Waals surface area (Å²) in [4.78, 5) is 30.0. The molecular formula is C10H15ClN4O6Pt. The molecule has 10 nitrogen and oxygen atoms in total. The maximum atomic E-state index is 8.93. The van der Waals surface area contributed by atoms with Crippen LogP contribution in [0.4, 0.5) is 0 Å². The number of imidazole rings is 1. The van der Waals surface area contributed by atoms with Crippen molar-refractivity contribution in [1.82, 2.24) is 9.55 Å². The minimum absolute atomic E-state index is 0. The molecule has 2 N–H and O–H groups in total. The number of halogens is 1. The molecule has 0 saturated carbocycles. The fourth-order valence-electron chi connectivity index (χ4n) is 1.04. The Labute approximate surface area is 147 Å². The van der Waals surface area contributed by atoms with Crippen LogP contribution >= 0.6 is 0 Å². The van der Waals surface area contributed by atoms with Crippen molar-refractivity contribution in [2.24, 2.45) is 5.34 Å². The minimum Gasteiger partial charge on any atom is -1.00 e. The maximum Gasteiger partial charge on any atom is 4.00 e. The summed E-state index contributed by atoms with van der Waals surface area (Å²) in [5.74, 6) is -3.50. The SMILES string of the molecule is CCCCn1ccnc1C[NH-].O=C([O-])C(=O)[O-].O=NO.[Cl-].[Pt+4]. The number of carbonyl (C=O) groups is 2. The van der Waals surface area contributed by atoms with Crippen LogP contribution < -0.4 is 22.6 Å². The average Bonchev–Trinajstić information content (AvgIpc) is 2.85. The van der Waals surface area contributed by atoms with E-state index in [1.807, 2.05) is 6.20 Å². The first-order valence-corrected chi connectivity index (χ1v) is 5.48. The van der Waals surface area contributed by atoms with E-state index in [1.54, 1.807) is 6.20 Å². The number of unbranched alkanes of at least 4 members (excludes halogenated alkanes) is 1. The quantitative estimate of drug-likeness (QED) is 0.240. The molecule has 0 unspecified atom stereocenters. The molecule has 1 rings (SSSR count). The molecule has 0 aliphatic rings. The summed E-state index contributed by atoms with van der Waals surface area (Å²) in [5, 5.41) is 25.7. The normalized spacial score (nSPS) is 7.73. The van der Waals surface area contributed by atoms with Gasteiger partial charge in [0.2, 0.25) is 0 Å². The predicted octanol–water partition coefficient (Wildman–Crippen LogP) is -4.13. The van der Waals surface area contributed by atoms with Gasteiger partial charge in [-0.1, -0.05) is 19.9 Å². The molecule has 1 aromatic rings. The van der Waals surface area contributed by atoms with Gasteiger partial charge in [-0.05, 0) is 6.42 Å². The summed E-state index contributed by atoms with van der Waals surface area (Å²) >= 11 is 0. The Hall–Kier alpha value is -1.51. The first-order valence-electron chi connectivity index (χ1n) is 5.48. The van der Waals surface area contributed by atoms with Gasteiger partial charge in [-0.2, -0.15) is 0 Å². The van der Waals surface area contributed by atoms with Gasteiger partial charge in [0.1, 0.15) is 0 Å². The van der Waals surface area contributed by atoms with Gasteiger partial charge < -0.3 is 47.7 Å². The van der Waals surface area contributed by atoms with Gasteiger partial charge >= 0.3 is 21.1 Å². The number of hydrogen-bond donors (Lipinski definition) is 1. The fraction of sp³-hybridized carbons (Fsp3) is 0.500. The number of nitrogens with one attached hydrogen (secondary N) is 1. The number of carboxylic acid groups (broad SMARTS) is 2. The van der Waals surface area contributed by atoms with Crippen LogP contribution in [0.15, 0.2) is 17.7 Å². The number of nitrogens with zero attached hydrogens (tertiary/aromatic N) is 3. The third kappa shape index (κ3) is 16.5.